The van der Waals surface area contributed by atoms with E-state index in [0.29, 0.717) is 18.1 Å². The van der Waals surface area contributed by atoms with Gasteiger partial charge in [0.05, 0.1) is 6.10 Å². The summed E-state index contributed by atoms with van der Waals surface area (Å²) in [5.74, 6) is 0.640. The molecule has 2 aliphatic rings. The lowest BCUT2D eigenvalue weighted by molar-refractivity contribution is -0.0719. The number of ether oxygens (including phenoxy) is 1. The minimum absolute atomic E-state index is 0.293. The van der Waals surface area contributed by atoms with Crippen molar-refractivity contribution in [3.63, 3.8) is 0 Å². The average molecular weight is 250 g/mol. The molecule has 1 heterocycles. The minimum atomic E-state index is -0.533. The molecular formula is C15H19FO2. The van der Waals surface area contributed by atoms with Gasteiger partial charge in [-0.3, -0.25) is 0 Å². The predicted molar refractivity (Wildman–Crippen MR) is 67.0 cm³/mol. The molecule has 1 N–H and O–H groups in total. The predicted octanol–water partition coefficient (Wildman–Crippen LogP) is 3.59. The van der Waals surface area contributed by atoms with Gasteiger partial charge in [-0.1, -0.05) is 13.3 Å². The number of halogens is 1. The molecule has 0 bridgehead atoms. The molecule has 2 unspecified atom stereocenters. The van der Waals surface area contributed by atoms with Crippen molar-refractivity contribution in [2.75, 3.05) is 0 Å². The second kappa shape index (κ2) is 4.23. The lowest BCUT2D eigenvalue weighted by Crippen LogP contribution is -2.48. The first-order valence-corrected chi connectivity index (χ1v) is 6.77. The highest BCUT2D eigenvalue weighted by molar-refractivity contribution is 5.38. The SMILES string of the molecule is CC1CCCCC12C[C@H](O)c1ccc(F)cc1O2. The Hall–Kier alpha value is -1.09. The van der Waals surface area contributed by atoms with Crippen LogP contribution in [-0.2, 0) is 0 Å². The number of aliphatic hydroxyl groups excluding tert-OH is 1. The normalized spacial score (nSPS) is 35.1. The van der Waals surface area contributed by atoms with Crippen molar-refractivity contribution in [3.05, 3.63) is 29.6 Å². The maximum Gasteiger partial charge on any atom is 0.128 e. The molecule has 18 heavy (non-hydrogen) atoms. The summed E-state index contributed by atoms with van der Waals surface area (Å²) in [5, 5.41) is 10.3. The first kappa shape index (κ1) is 12.0. The molecule has 3 heteroatoms. The number of benzene rings is 1. The monoisotopic (exact) mass is 250 g/mol. The highest BCUT2D eigenvalue weighted by atomic mass is 19.1. The quantitative estimate of drug-likeness (QED) is 0.762. The molecule has 3 rings (SSSR count). The summed E-state index contributed by atoms with van der Waals surface area (Å²) in [6.45, 7) is 2.18. The van der Waals surface area contributed by atoms with Gasteiger partial charge in [0.1, 0.15) is 17.2 Å². The maximum atomic E-state index is 13.3. The van der Waals surface area contributed by atoms with Gasteiger partial charge in [-0.2, -0.15) is 0 Å². The van der Waals surface area contributed by atoms with E-state index in [2.05, 4.69) is 6.92 Å². The number of hydrogen-bond donors (Lipinski definition) is 1. The van der Waals surface area contributed by atoms with Crippen molar-refractivity contribution in [2.24, 2.45) is 5.92 Å². The molecule has 1 aliphatic heterocycles. The second-order valence-corrected chi connectivity index (χ2v) is 5.72. The van der Waals surface area contributed by atoms with Crippen LogP contribution in [0.5, 0.6) is 5.75 Å². The smallest absolute Gasteiger partial charge is 0.128 e. The van der Waals surface area contributed by atoms with Gasteiger partial charge < -0.3 is 9.84 Å². The third-order valence-electron chi connectivity index (χ3n) is 4.57. The van der Waals surface area contributed by atoms with Gasteiger partial charge in [0, 0.05) is 18.1 Å². The van der Waals surface area contributed by atoms with E-state index in [4.69, 9.17) is 4.74 Å². The molecule has 0 aromatic heterocycles. The summed E-state index contributed by atoms with van der Waals surface area (Å²) >= 11 is 0. The summed E-state index contributed by atoms with van der Waals surface area (Å²) in [7, 11) is 0. The molecule has 1 aromatic rings. The Balaban J connectivity index is 1.99. The highest BCUT2D eigenvalue weighted by Crippen LogP contribution is 2.48. The van der Waals surface area contributed by atoms with Crippen molar-refractivity contribution in [1.82, 2.24) is 0 Å². The van der Waals surface area contributed by atoms with Crippen molar-refractivity contribution < 1.29 is 14.2 Å². The van der Waals surface area contributed by atoms with Crippen LogP contribution in [0.25, 0.3) is 0 Å². The van der Waals surface area contributed by atoms with Crippen molar-refractivity contribution in [2.45, 2.75) is 50.7 Å². The summed E-state index contributed by atoms with van der Waals surface area (Å²) in [6.07, 6.45) is 4.53. The lowest BCUT2D eigenvalue weighted by atomic mass is 9.71. The number of aliphatic hydroxyl groups is 1. The van der Waals surface area contributed by atoms with Gasteiger partial charge in [0.2, 0.25) is 0 Å². The summed E-state index contributed by atoms with van der Waals surface area (Å²) in [6, 6.07) is 4.42. The van der Waals surface area contributed by atoms with Gasteiger partial charge in [-0.25, -0.2) is 4.39 Å². The van der Waals surface area contributed by atoms with Gasteiger partial charge in [0.15, 0.2) is 0 Å². The largest absolute Gasteiger partial charge is 0.486 e. The molecule has 2 nitrogen and oxygen atoms in total. The fraction of sp³-hybridized carbons (Fsp3) is 0.600. The highest BCUT2D eigenvalue weighted by Gasteiger charge is 2.45. The van der Waals surface area contributed by atoms with Crippen LogP contribution < -0.4 is 4.74 Å². The third-order valence-corrected chi connectivity index (χ3v) is 4.57. The molecule has 0 radical (unpaired) electrons. The van der Waals surface area contributed by atoms with Crippen molar-refractivity contribution >= 4 is 0 Å². The van der Waals surface area contributed by atoms with E-state index < -0.39 is 6.10 Å². The molecule has 1 spiro atoms. The number of fused-ring (bicyclic) bond motifs is 1. The van der Waals surface area contributed by atoms with E-state index in [9.17, 15) is 9.50 Å². The van der Waals surface area contributed by atoms with Gasteiger partial charge in [-0.05, 0) is 37.3 Å². The molecule has 0 amide bonds. The standard InChI is InChI=1S/C15H19FO2/c1-10-4-2-3-7-15(10)9-13(17)12-6-5-11(16)8-14(12)18-15/h5-6,8,10,13,17H,2-4,7,9H2,1H3/t10?,13-,15?/m0/s1. The lowest BCUT2D eigenvalue weighted by Gasteiger charge is -2.47. The van der Waals surface area contributed by atoms with Crippen LogP contribution in [0.2, 0.25) is 0 Å². The first-order chi connectivity index (χ1) is 8.61. The van der Waals surface area contributed by atoms with E-state index in [-0.39, 0.29) is 11.4 Å². The van der Waals surface area contributed by atoms with Crippen molar-refractivity contribution in [3.8, 4) is 5.75 Å². The Bertz CT molecular complexity index is 460. The van der Waals surface area contributed by atoms with Crippen LogP contribution in [0, 0.1) is 11.7 Å². The van der Waals surface area contributed by atoms with Gasteiger partial charge >= 0.3 is 0 Å². The van der Waals surface area contributed by atoms with Crippen LogP contribution in [0.1, 0.15) is 50.7 Å². The van der Waals surface area contributed by atoms with E-state index in [1.54, 1.807) is 6.07 Å². The second-order valence-electron chi connectivity index (χ2n) is 5.72. The minimum Gasteiger partial charge on any atom is -0.486 e. The Kier molecular flexibility index (Phi) is 2.81. The van der Waals surface area contributed by atoms with Crippen LogP contribution in [-0.4, -0.2) is 10.7 Å². The Labute approximate surface area is 107 Å². The van der Waals surface area contributed by atoms with Crippen LogP contribution in [0.15, 0.2) is 18.2 Å². The Morgan fingerprint density at radius 3 is 3.00 bits per heavy atom. The van der Waals surface area contributed by atoms with Crippen molar-refractivity contribution in [1.29, 1.82) is 0 Å². The molecule has 98 valence electrons. The van der Waals surface area contributed by atoms with E-state index >= 15 is 0 Å². The average Bonchev–Trinajstić information content (AvgIpc) is 2.32. The van der Waals surface area contributed by atoms with E-state index in [1.807, 2.05) is 0 Å². The Morgan fingerprint density at radius 2 is 2.22 bits per heavy atom. The molecule has 3 atom stereocenters. The first-order valence-electron chi connectivity index (χ1n) is 6.77. The third kappa shape index (κ3) is 1.81. The summed E-state index contributed by atoms with van der Waals surface area (Å²) < 4.78 is 19.4. The summed E-state index contributed by atoms with van der Waals surface area (Å²) in [5.41, 5.74) is 0.429. The Morgan fingerprint density at radius 1 is 1.39 bits per heavy atom. The molecule has 1 fully saturated rings. The van der Waals surface area contributed by atoms with E-state index in [1.165, 1.54) is 18.6 Å². The fourth-order valence-electron chi connectivity index (χ4n) is 3.41. The maximum absolute atomic E-state index is 13.3. The van der Waals surface area contributed by atoms with Gasteiger partial charge in [0.25, 0.3) is 0 Å². The van der Waals surface area contributed by atoms with Gasteiger partial charge in [-0.15, -0.1) is 0 Å². The van der Waals surface area contributed by atoms with Crippen LogP contribution >= 0.6 is 0 Å². The summed E-state index contributed by atoms with van der Waals surface area (Å²) in [4.78, 5) is 0. The molecule has 1 aromatic carbocycles. The van der Waals surface area contributed by atoms with Crippen LogP contribution in [0.3, 0.4) is 0 Å². The molecular weight excluding hydrogens is 231 g/mol. The number of hydrogen-bond acceptors (Lipinski definition) is 2. The zero-order valence-electron chi connectivity index (χ0n) is 10.7. The zero-order valence-corrected chi connectivity index (χ0v) is 10.7. The number of rotatable bonds is 0. The van der Waals surface area contributed by atoms with E-state index in [0.717, 1.165) is 24.8 Å². The topological polar surface area (TPSA) is 29.5 Å². The molecule has 0 saturated heterocycles. The zero-order chi connectivity index (χ0) is 12.8. The molecule has 1 saturated carbocycles. The molecule has 1 aliphatic carbocycles. The fourth-order valence-corrected chi connectivity index (χ4v) is 3.41. The van der Waals surface area contributed by atoms with Crippen LogP contribution in [0.4, 0.5) is 4.39 Å².